The maximum absolute atomic E-state index is 13.6. The van der Waals surface area contributed by atoms with Crippen molar-refractivity contribution >= 4 is 72.9 Å². The highest BCUT2D eigenvalue weighted by Crippen LogP contribution is 2.28. The van der Waals surface area contributed by atoms with E-state index in [-0.39, 0.29) is 5.91 Å². The van der Waals surface area contributed by atoms with Crippen LogP contribution in [0, 0.1) is 0 Å². The molecule has 0 radical (unpaired) electrons. The lowest BCUT2D eigenvalue weighted by Gasteiger charge is -2.11. The van der Waals surface area contributed by atoms with Gasteiger partial charge in [0.1, 0.15) is 5.82 Å². The van der Waals surface area contributed by atoms with E-state index in [1.54, 1.807) is 11.3 Å². The summed E-state index contributed by atoms with van der Waals surface area (Å²) >= 11 is 5.19. The summed E-state index contributed by atoms with van der Waals surface area (Å²) in [6, 6.07) is 27.5. The first-order valence-electron chi connectivity index (χ1n) is 11.7. The predicted octanol–water partition coefficient (Wildman–Crippen LogP) is 8.04. The van der Waals surface area contributed by atoms with E-state index in [0.29, 0.717) is 11.3 Å². The van der Waals surface area contributed by atoms with Crippen LogP contribution in [0.3, 0.4) is 0 Å². The van der Waals surface area contributed by atoms with E-state index in [2.05, 4.69) is 31.9 Å². The van der Waals surface area contributed by atoms with Crippen LogP contribution in [0.1, 0.15) is 20.9 Å². The summed E-state index contributed by atoms with van der Waals surface area (Å²) in [7, 11) is 2.00. The summed E-state index contributed by atoms with van der Waals surface area (Å²) in [5.74, 6) is 0.648. The fourth-order valence-corrected chi connectivity index (χ4v) is 5.36. The van der Waals surface area contributed by atoms with Crippen LogP contribution in [0.25, 0.3) is 45.5 Å². The number of benzene rings is 3. The number of carbonyl (C=O) groups excluding carboxylic acids is 1. The predicted molar refractivity (Wildman–Crippen MR) is 157 cm³/mol. The highest BCUT2D eigenvalue weighted by Gasteiger charge is 2.15. The van der Waals surface area contributed by atoms with Crippen molar-refractivity contribution in [3.05, 3.63) is 111 Å². The third-order valence-corrected chi connectivity index (χ3v) is 7.49. The van der Waals surface area contributed by atoms with Crippen molar-refractivity contribution in [3.8, 4) is 11.4 Å². The fraction of sp³-hybridized carbons (Fsp3) is 0.0333. The highest BCUT2D eigenvalue weighted by molar-refractivity contribution is 9.10. The van der Waals surface area contributed by atoms with Crippen molar-refractivity contribution < 1.29 is 4.79 Å². The van der Waals surface area contributed by atoms with Gasteiger partial charge in [0.05, 0.1) is 27.8 Å². The van der Waals surface area contributed by atoms with E-state index in [0.717, 1.165) is 48.4 Å². The number of imidazole rings is 1. The Morgan fingerprint density at radius 3 is 2.65 bits per heavy atom. The van der Waals surface area contributed by atoms with Crippen molar-refractivity contribution in [1.82, 2.24) is 14.5 Å². The van der Waals surface area contributed by atoms with Crippen LogP contribution in [0.5, 0.6) is 0 Å². The zero-order valence-corrected chi connectivity index (χ0v) is 22.3. The molecule has 5 nitrogen and oxygen atoms in total. The summed E-state index contributed by atoms with van der Waals surface area (Å²) in [4.78, 5) is 24.3. The number of thiophene rings is 1. The van der Waals surface area contributed by atoms with Gasteiger partial charge in [-0.25, -0.2) is 9.97 Å². The van der Waals surface area contributed by atoms with Gasteiger partial charge in [-0.05, 0) is 72.1 Å². The smallest absolute Gasteiger partial charge is 0.256 e. The molecule has 0 aliphatic rings. The van der Waals surface area contributed by atoms with Gasteiger partial charge in [0, 0.05) is 33.0 Å². The number of anilines is 1. The molecule has 0 fully saturated rings. The van der Waals surface area contributed by atoms with Crippen LogP contribution in [0.15, 0.2) is 94.8 Å². The molecule has 0 aliphatic carbocycles. The lowest BCUT2D eigenvalue weighted by Crippen LogP contribution is -2.13. The topological polar surface area (TPSA) is 59.8 Å². The average molecular weight is 565 g/mol. The molecule has 1 N–H and O–H groups in total. The third-order valence-electron chi connectivity index (χ3n) is 6.16. The summed E-state index contributed by atoms with van der Waals surface area (Å²) in [5, 5.41) is 5.91. The van der Waals surface area contributed by atoms with Gasteiger partial charge in [0.2, 0.25) is 0 Å². The molecule has 7 heteroatoms. The van der Waals surface area contributed by atoms with E-state index in [9.17, 15) is 4.79 Å². The molecular weight excluding hydrogens is 544 g/mol. The van der Waals surface area contributed by atoms with Gasteiger partial charge in [-0.15, -0.1) is 11.3 Å². The number of rotatable bonds is 5. The van der Waals surface area contributed by atoms with Gasteiger partial charge < -0.3 is 9.88 Å². The number of aromatic nitrogens is 3. The molecule has 0 unspecified atom stereocenters. The molecule has 0 bridgehead atoms. The normalized spacial score (nSPS) is 11.5. The Kier molecular flexibility index (Phi) is 6.16. The number of para-hydroxylation sites is 2. The average Bonchev–Trinajstić information content (AvgIpc) is 3.55. The van der Waals surface area contributed by atoms with E-state index >= 15 is 0 Å². The van der Waals surface area contributed by atoms with Crippen LogP contribution in [-0.2, 0) is 7.05 Å². The Balaban J connectivity index is 1.36. The molecular formula is C30H21BrN4OS. The summed E-state index contributed by atoms with van der Waals surface area (Å²) in [5.41, 5.74) is 5.67. The number of halogens is 1. The SMILES string of the molecule is Cn1c(-c2cccc(NC(=O)c3cc(/C=C/c4cccs4)nc4ccc(Br)cc34)c2)nc2ccccc21. The first-order chi connectivity index (χ1) is 18.0. The summed E-state index contributed by atoms with van der Waals surface area (Å²) in [6.07, 6.45) is 3.95. The number of nitrogens with zero attached hydrogens (tertiary/aromatic N) is 3. The van der Waals surface area contributed by atoms with Crippen molar-refractivity contribution in [3.63, 3.8) is 0 Å². The van der Waals surface area contributed by atoms with Gasteiger partial charge in [0.25, 0.3) is 5.91 Å². The molecule has 180 valence electrons. The van der Waals surface area contributed by atoms with Crippen molar-refractivity contribution in [2.24, 2.45) is 7.05 Å². The van der Waals surface area contributed by atoms with Crippen LogP contribution in [0.2, 0.25) is 0 Å². The van der Waals surface area contributed by atoms with E-state index in [1.807, 2.05) is 103 Å². The summed E-state index contributed by atoms with van der Waals surface area (Å²) < 4.78 is 2.96. The number of hydrogen-bond donors (Lipinski definition) is 1. The molecule has 0 saturated heterocycles. The number of carbonyl (C=O) groups is 1. The van der Waals surface area contributed by atoms with E-state index in [1.165, 1.54) is 0 Å². The second-order valence-corrected chi connectivity index (χ2v) is 10.5. The molecule has 0 aliphatic heterocycles. The largest absolute Gasteiger partial charge is 0.327 e. The Morgan fingerprint density at radius 2 is 1.81 bits per heavy atom. The van der Waals surface area contributed by atoms with Crippen LogP contribution < -0.4 is 5.32 Å². The number of nitrogens with one attached hydrogen (secondary N) is 1. The van der Waals surface area contributed by atoms with Crippen LogP contribution in [-0.4, -0.2) is 20.4 Å². The molecule has 6 aromatic rings. The van der Waals surface area contributed by atoms with Crippen molar-refractivity contribution in [1.29, 1.82) is 0 Å². The molecule has 3 heterocycles. The minimum absolute atomic E-state index is 0.196. The minimum Gasteiger partial charge on any atom is -0.327 e. The first-order valence-corrected chi connectivity index (χ1v) is 13.4. The third kappa shape index (κ3) is 4.71. The zero-order valence-electron chi connectivity index (χ0n) is 19.9. The lowest BCUT2D eigenvalue weighted by molar-refractivity contribution is 0.102. The molecule has 0 atom stereocenters. The van der Waals surface area contributed by atoms with Crippen LogP contribution in [0.4, 0.5) is 5.69 Å². The molecule has 0 saturated carbocycles. The van der Waals surface area contributed by atoms with Gasteiger partial charge in [0.15, 0.2) is 0 Å². The Bertz CT molecular complexity index is 1800. The molecule has 1 amide bonds. The second-order valence-electron chi connectivity index (χ2n) is 8.62. The Morgan fingerprint density at radius 1 is 0.919 bits per heavy atom. The second kappa shape index (κ2) is 9.76. The van der Waals surface area contributed by atoms with Gasteiger partial charge in [-0.2, -0.15) is 0 Å². The van der Waals surface area contributed by atoms with E-state index in [4.69, 9.17) is 9.97 Å². The number of fused-ring (bicyclic) bond motifs is 2. The van der Waals surface area contributed by atoms with Gasteiger partial charge >= 0.3 is 0 Å². The van der Waals surface area contributed by atoms with Crippen LogP contribution >= 0.6 is 27.3 Å². The number of pyridine rings is 1. The molecule has 6 rings (SSSR count). The Labute approximate surface area is 226 Å². The minimum atomic E-state index is -0.196. The quantitative estimate of drug-likeness (QED) is 0.230. The first kappa shape index (κ1) is 23.3. The molecule has 3 aromatic heterocycles. The number of hydrogen-bond acceptors (Lipinski definition) is 4. The number of amides is 1. The summed E-state index contributed by atoms with van der Waals surface area (Å²) in [6.45, 7) is 0. The van der Waals surface area contributed by atoms with Gasteiger partial charge in [-0.3, -0.25) is 4.79 Å². The maximum atomic E-state index is 13.6. The molecule has 0 spiro atoms. The lowest BCUT2D eigenvalue weighted by atomic mass is 10.1. The zero-order chi connectivity index (χ0) is 25.4. The maximum Gasteiger partial charge on any atom is 0.256 e. The van der Waals surface area contributed by atoms with Crippen molar-refractivity contribution in [2.75, 3.05) is 5.32 Å². The monoisotopic (exact) mass is 564 g/mol. The highest BCUT2D eigenvalue weighted by atomic mass is 79.9. The number of aryl methyl sites for hydroxylation is 1. The van der Waals surface area contributed by atoms with Crippen molar-refractivity contribution in [2.45, 2.75) is 0 Å². The molecule has 3 aromatic carbocycles. The van der Waals surface area contributed by atoms with Gasteiger partial charge in [-0.1, -0.05) is 46.3 Å². The standard InChI is InChI=1S/C30H21BrN4OS/c1-35-28-10-3-2-9-27(28)34-29(35)19-6-4-7-21(16-19)33-30(36)25-18-22(12-13-23-8-5-15-37-23)32-26-14-11-20(31)17-24(25)26/h2-18H,1H3,(H,33,36)/b13-12+. The molecule has 37 heavy (non-hydrogen) atoms. The van der Waals surface area contributed by atoms with E-state index < -0.39 is 0 Å². The fourth-order valence-electron chi connectivity index (χ4n) is 4.38. The Hall–Kier alpha value is -4.07.